The van der Waals surface area contributed by atoms with Gasteiger partial charge < -0.3 is 15.3 Å². The second kappa shape index (κ2) is 7.18. The van der Waals surface area contributed by atoms with Gasteiger partial charge in [0.25, 0.3) is 0 Å². The van der Waals surface area contributed by atoms with Crippen LogP contribution in [0.15, 0.2) is 58.3 Å². The minimum absolute atomic E-state index is 0.380. The van der Waals surface area contributed by atoms with E-state index in [4.69, 9.17) is 0 Å². The molecule has 0 spiro atoms. The van der Waals surface area contributed by atoms with E-state index in [1.807, 2.05) is 11.8 Å². The smallest absolute Gasteiger partial charge is 0.0843 e. The molecule has 0 aromatic heterocycles. The van der Waals surface area contributed by atoms with E-state index in [1.165, 1.54) is 46.8 Å². The zero-order valence-electron chi connectivity index (χ0n) is 13.8. The number of hydrogen-bond donors (Lipinski definition) is 2. The maximum Gasteiger partial charge on any atom is 0.0843 e. The molecule has 126 valence electrons. The van der Waals surface area contributed by atoms with Gasteiger partial charge in [0.2, 0.25) is 0 Å². The Bertz CT molecular complexity index is 654. The van der Waals surface area contributed by atoms with Crippen molar-refractivity contribution >= 4 is 23.1 Å². The Morgan fingerprint density at radius 2 is 1.58 bits per heavy atom. The molecule has 24 heavy (non-hydrogen) atoms. The second-order valence-corrected chi connectivity index (χ2v) is 7.78. The molecule has 4 rings (SSSR count). The number of fused-ring (bicyclic) bond motifs is 2. The Morgan fingerprint density at radius 3 is 2.21 bits per heavy atom. The maximum atomic E-state index is 10.6. The summed E-state index contributed by atoms with van der Waals surface area (Å²) in [6.45, 7) is 1.28. The van der Waals surface area contributed by atoms with E-state index in [-0.39, 0.29) is 6.10 Å². The molecule has 2 N–H and O–H groups in total. The first-order chi connectivity index (χ1) is 11.8. The number of hydrogen-bond acceptors (Lipinski definition) is 4. The van der Waals surface area contributed by atoms with Crippen LogP contribution in [0.5, 0.6) is 0 Å². The summed E-state index contributed by atoms with van der Waals surface area (Å²) < 4.78 is 0. The minimum Gasteiger partial charge on any atom is -0.390 e. The van der Waals surface area contributed by atoms with Gasteiger partial charge in [-0.05, 0) is 37.1 Å². The lowest BCUT2D eigenvalue weighted by molar-refractivity contribution is 0.174. The SMILES string of the molecule is OC(CNC1CCCC1)CN1c2ccccc2Sc2ccccc21. The molecule has 1 aliphatic heterocycles. The summed E-state index contributed by atoms with van der Waals surface area (Å²) in [6.07, 6.45) is 4.75. The fourth-order valence-electron chi connectivity index (χ4n) is 3.69. The summed E-state index contributed by atoms with van der Waals surface area (Å²) >= 11 is 1.81. The predicted molar refractivity (Wildman–Crippen MR) is 100 cm³/mol. The van der Waals surface area contributed by atoms with Crippen LogP contribution < -0.4 is 10.2 Å². The van der Waals surface area contributed by atoms with E-state index >= 15 is 0 Å². The number of nitrogens with one attached hydrogen (secondary N) is 1. The normalized spacial score (nSPS) is 18.3. The Morgan fingerprint density at radius 1 is 1.00 bits per heavy atom. The fraction of sp³-hybridized carbons (Fsp3) is 0.400. The highest BCUT2D eigenvalue weighted by Crippen LogP contribution is 2.47. The zero-order valence-corrected chi connectivity index (χ0v) is 14.6. The van der Waals surface area contributed by atoms with Crippen LogP contribution in [-0.2, 0) is 0 Å². The third kappa shape index (κ3) is 3.32. The highest BCUT2D eigenvalue weighted by molar-refractivity contribution is 7.99. The van der Waals surface area contributed by atoms with E-state index in [1.54, 1.807) is 0 Å². The van der Waals surface area contributed by atoms with Crippen LogP contribution >= 0.6 is 11.8 Å². The molecule has 0 radical (unpaired) electrons. The van der Waals surface area contributed by atoms with Crippen molar-refractivity contribution in [3.63, 3.8) is 0 Å². The van der Waals surface area contributed by atoms with Crippen LogP contribution in [0.4, 0.5) is 11.4 Å². The summed E-state index contributed by atoms with van der Waals surface area (Å²) in [7, 11) is 0. The first-order valence-corrected chi connectivity index (χ1v) is 9.68. The maximum absolute atomic E-state index is 10.6. The molecule has 2 aromatic rings. The second-order valence-electron chi connectivity index (χ2n) is 6.69. The fourth-order valence-corrected chi connectivity index (χ4v) is 4.78. The molecule has 1 saturated carbocycles. The van der Waals surface area contributed by atoms with Gasteiger partial charge in [-0.15, -0.1) is 0 Å². The quantitative estimate of drug-likeness (QED) is 0.856. The van der Waals surface area contributed by atoms with Crippen LogP contribution in [0.3, 0.4) is 0 Å². The lowest BCUT2D eigenvalue weighted by Crippen LogP contribution is -2.40. The van der Waals surface area contributed by atoms with Gasteiger partial charge in [-0.3, -0.25) is 0 Å². The standard InChI is InChI=1S/C20H24N2OS/c23-16(13-21-15-7-1-2-8-15)14-22-17-9-3-5-11-19(17)24-20-12-6-4-10-18(20)22/h3-6,9-12,15-16,21,23H,1-2,7-8,13-14H2. The highest BCUT2D eigenvalue weighted by atomic mass is 32.2. The largest absolute Gasteiger partial charge is 0.390 e. The zero-order chi connectivity index (χ0) is 16.4. The average Bonchev–Trinajstić information content (AvgIpc) is 3.13. The summed E-state index contributed by atoms with van der Waals surface area (Å²) in [5.41, 5.74) is 2.39. The van der Waals surface area contributed by atoms with Gasteiger partial charge in [-0.25, -0.2) is 0 Å². The van der Waals surface area contributed by atoms with Crippen LogP contribution in [0.1, 0.15) is 25.7 Å². The van der Waals surface area contributed by atoms with Gasteiger partial charge in [0.05, 0.1) is 24.0 Å². The van der Waals surface area contributed by atoms with Crippen molar-refractivity contribution in [3.8, 4) is 0 Å². The Labute approximate surface area is 148 Å². The number of benzene rings is 2. The lowest BCUT2D eigenvalue weighted by Gasteiger charge is -2.34. The van der Waals surface area contributed by atoms with Crippen LogP contribution in [0.25, 0.3) is 0 Å². The van der Waals surface area contributed by atoms with Gasteiger partial charge in [0.15, 0.2) is 0 Å². The molecule has 0 saturated heterocycles. The van der Waals surface area contributed by atoms with Gasteiger partial charge >= 0.3 is 0 Å². The third-order valence-electron chi connectivity index (χ3n) is 4.92. The van der Waals surface area contributed by atoms with E-state index in [2.05, 4.69) is 58.7 Å². The molecule has 1 unspecified atom stereocenters. The summed E-state index contributed by atoms with van der Waals surface area (Å²) in [5, 5.41) is 14.1. The number of anilines is 2. The molecule has 1 heterocycles. The predicted octanol–water partition coefficient (Wildman–Crippen LogP) is 4.18. The summed E-state index contributed by atoms with van der Waals surface area (Å²) in [5.74, 6) is 0. The topological polar surface area (TPSA) is 35.5 Å². The Kier molecular flexibility index (Phi) is 4.79. The highest BCUT2D eigenvalue weighted by Gasteiger charge is 2.25. The van der Waals surface area contributed by atoms with Gasteiger partial charge in [-0.2, -0.15) is 0 Å². The van der Waals surface area contributed by atoms with Crippen molar-refractivity contribution in [2.45, 2.75) is 47.6 Å². The van der Waals surface area contributed by atoms with E-state index in [9.17, 15) is 5.11 Å². The van der Waals surface area contributed by atoms with Gasteiger partial charge in [0.1, 0.15) is 0 Å². The van der Waals surface area contributed by atoms with Crippen LogP contribution in [0.2, 0.25) is 0 Å². The minimum atomic E-state index is -0.380. The van der Waals surface area contributed by atoms with Crippen molar-refractivity contribution in [2.24, 2.45) is 0 Å². The molecule has 4 heteroatoms. The average molecular weight is 340 g/mol. The van der Waals surface area contributed by atoms with Crippen molar-refractivity contribution in [2.75, 3.05) is 18.0 Å². The van der Waals surface area contributed by atoms with Gasteiger partial charge in [-0.1, -0.05) is 48.9 Å². The van der Waals surface area contributed by atoms with Crippen molar-refractivity contribution in [3.05, 3.63) is 48.5 Å². The van der Waals surface area contributed by atoms with E-state index < -0.39 is 0 Å². The third-order valence-corrected chi connectivity index (χ3v) is 6.05. The number of aliphatic hydroxyl groups excluding tert-OH is 1. The monoisotopic (exact) mass is 340 g/mol. The number of β-amino-alcohol motifs (C(OH)–C–C–N with tert-alkyl or cyclic N) is 1. The molecule has 1 fully saturated rings. The van der Waals surface area contributed by atoms with Gasteiger partial charge in [0, 0.05) is 22.4 Å². The summed E-state index contributed by atoms with van der Waals surface area (Å²) in [4.78, 5) is 4.78. The molecular weight excluding hydrogens is 316 g/mol. The molecule has 0 bridgehead atoms. The Hall–Kier alpha value is -1.49. The van der Waals surface area contributed by atoms with Crippen LogP contribution in [-0.4, -0.2) is 30.3 Å². The molecule has 3 nitrogen and oxygen atoms in total. The summed E-state index contributed by atoms with van der Waals surface area (Å²) in [6, 6.07) is 17.5. The molecule has 1 atom stereocenters. The number of rotatable bonds is 5. The van der Waals surface area contributed by atoms with Crippen LogP contribution in [0, 0.1) is 0 Å². The lowest BCUT2D eigenvalue weighted by atomic mass is 10.2. The molecule has 0 amide bonds. The number of aliphatic hydroxyl groups is 1. The van der Waals surface area contributed by atoms with Crippen molar-refractivity contribution < 1.29 is 5.11 Å². The van der Waals surface area contributed by atoms with Crippen molar-refractivity contribution in [1.29, 1.82) is 0 Å². The Balaban J connectivity index is 1.51. The first kappa shape index (κ1) is 16.0. The molecule has 2 aromatic carbocycles. The molecular formula is C20H24N2OS. The number of para-hydroxylation sites is 2. The number of nitrogens with zero attached hydrogens (tertiary/aromatic N) is 1. The van der Waals surface area contributed by atoms with Crippen molar-refractivity contribution in [1.82, 2.24) is 5.32 Å². The first-order valence-electron chi connectivity index (χ1n) is 8.86. The van der Waals surface area contributed by atoms with E-state index in [0.717, 1.165) is 0 Å². The van der Waals surface area contributed by atoms with E-state index in [0.29, 0.717) is 19.1 Å². The molecule has 2 aliphatic rings. The molecule has 1 aliphatic carbocycles.